The van der Waals surface area contributed by atoms with E-state index in [2.05, 4.69) is 10.2 Å². The standard InChI is InChI=1S/C31H40Cl2N4O4/c1-21(38)36-13-10-24(11-14-36)31(40)37-15-12-29(26(20-37)25-8-9-27(32)28(33)18-25)34-30(39)23-6-4-22(5-7-23)19-35(2)16-17-41-3/h4-9,18,24,26,29H,10-17,19-20H2,1-3H3,(H,34,39). The number of nitrogens with zero attached hydrogens (tertiary/aromatic N) is 3. The molecular weight excluding hydrogens is 563 g/mol. The summed E-state index contributed by atoms with van der Waals surface area (Å²) in [6, 6.07) is 13.0. The fourth-order valence-corrected chi connectivity index (χ4v) is 6.06. The summed E-state index contributed by atoms with van der Waals surface area (Å²) >= 11 is 12.6. The molecule has 41 heavy (non-hydrogen) atoms. The molecule has 3 amide bonds. The van der Waals surface area contributed by atoms with E-state index in [9.17, 15) is 14.4 Å². The molecule has 4 rings (SSSR count). The molecule has 222 valence electrons. The smallest absolute Gasteiger partial charge is 0.251 e. The molecule has 0 bridgehead atoms. The van der Waals surface area contributed by atoms with Gasteiger partial charge in [0.05, 0.1) is 16.7 Å². The minimum Gasteiger partial charge on any atom is -0.383 e. The summed E-state index contributed by atoms with van der Waals surface area (Å²) in [5.41, 5.74) is 2.65. The lowest BCUT2D eigenvalue weighted by Crippen LogP contribution is -2.53. The van der Waals surface area contributed by atoms with Crippen LogP contribution in [0.4, 0.5) is 0 Å². The molecule has 2 heterocycles. The van der Waals surface area contributed by atoms with Gasteiger partial charge in [-0.3, -0.25) is 19.3 Å². The van der Waals surface area contributed by atoms with Crippen molar-refractivity contribution >= 4 is 40.9 Å². The number of carbonyl (C=O) groups excluding carboxylic acids is 3. The normalized spacial score (nSPS) is 19.9. The quantitative estimate of drug-likeness (QED) is 0.459. The summed E-state index contributed by atoms with van der Waals surface area (Å²) in [7, 11) is 3.73. The summed E-state index contributed by atoms with van der Waals surface area (Å²) in [6.07, 6.45) is 1.96. The highest BCUT2D eigenvalue weighted by atomic mass is 35.5. The van der Waals surface area contributed by atoms with Crippen molar-refractivity contribution in [3.63, 3.8) is 0 Å². The van der Waals surface area contributed by atoms with E-state index in [1.807, 2.05) is 48.3 Å². The predicted molar refractivity (Wildman–Crippen MR) is 161 cm³/mol. The van der Waals surface area contributed by atoms with Crippen molar-refractivity contribution in [2.75, 3.05) is 53.5 Å². The van der Waals surface area contributed by atoms with Gasteiger partial charge in [-0.25, -0.2) is 0 Å². The Morgan fingerprint density at radius 2 is 1.66 bits per heavy atom. The van der Waals surface area contributed by atoms with Gasteiger partial charge in [-0.1, -0.05) is 41.4 Å². The second-order valence-electron chi connectivity index (χ2n) is 11.1. The maximum Gasteiger partial charge on any atom is 0.251 e. The first-order valence-electron chi connectivity index (χ1n) is 14.2. The Balaban J connectivity index is 1.44. The molecule has 2 atom stereocenters. The Hall–Kier alpha value is -2.65. The lowest BCUT2D eigenvalue weighted by molar-refractivity contribution is -0.141. The average molecular weight is 604 g/mol. The van der Waals surface area contributed by atoms with E-state index >= 15 is 0 Å². The van der Waals surface area contributed by atoms with Crippen LogP contribution in [-0.2, 0) is 20.9 Å². The molecule has 2 aromatic rings. The zero-order chi connectivity index (χ0) is 29.5. The lowest BCUT2D eigenvalue weighted by Gasteiger charge is -2.41. The van der Waals surface area contributed by atoms with Gasteiger partial charge >= 0.3 is 0 Å². The van der Waals surface area contributed by atoms with Crippen LogP contribution in [0.2, 0.25) is 10.0 Å². The van der Waals surface area contributed by atoms with Crippen molar-refractivity contribution in [2.24, 2.45) is 5.92 Å². The number of likely N-dealkylation sites (tertiary alicyclic amines) is 2. The number of rotatable bonds is 9. The Morgan fingerprint density at radius 3 is 2.29 bits per heavy atom. The highest BCUT2D eigenvalue weighted by molar-refractivity contribution is 6.42. The lowest BCUT2D eigenvalue weighted by atomic mass is 9.84. The fraction of sp³-hybridized carbons (Fsp3) is 0.516. The largest absolute Gasteiger partial charge is 0.383 e. The molecule has 2 aliphatic heterocycles. The number of halogens is 2. The summed E-state index contributed by atoms with van der Waals surface area (Å²) in [6.45, 7) is 6.08. The summed E-state index contributed by atoms with van der Waals surface area (Å²) in [5, 5.41) is 4.15. The Morgan fingerprint density at radius 1 is 0.976 bits per heavy atom. The Labute approximate surface area is 252 Å². The molecule has 8 nitrogen and oxygen atoms in total. The van der Waals surface area contributed by atoms with Crippen molar-refractivity contribution in [1.82, 2.24) is 20.0 Å². The topological polar surface area (TPSA) is 82.2 Å². The molecular formula is C31H40Cl2N4O4. The van der Waals surface area contributed by atoms with E-state index in [-0.39, 0.29) is 35.6 Å². The molecule has 0 spiro atoms. The second-order valence-corrected chi connectivity index (χ2v) is 12.0. The third-order valence-electron chi connectivity index (χ3n) is 8.25. The van der Waals surface area contributed by atoms with Crippen molar-refractivity contribution < 1.29 is 19.1 Å². The van der Waals surface area contributed by atoms with E-state index in [1.165, 1.54) is 0 Å². The van der Waals surface area contributed by atoms with Crippen LogP contribution in [0, 0.1) is 5.92 Å². The number of benzene rings is 2. The third kappa shape index (κ3) is 8.22. The number of hydrogen-bond acceptors (Lipinski definition) is 5. The number of ether oxygens (including phenoxy) is 1. The fourth-order valence-electron chi connectivity index (χ4n) is 5.76. The van der Waals surface area contributed by atoms with Crippen LogP contribution < -0.4 is 5.32 Å². The highest BCUT2D eigenvalue weighted by Crippen LogP contribution is 2.33. The number of likely N-dealkylation sites (N-methyl/N-ethyl adjacent to an activating group) is 1. The third-order valence-corrected chi connectivity index (χ3v) is 8.99. The molecule has 0 aromatic heterocycles. The van der Waals surface area contributed by atoms with Crippen molar-refractivity contribution in [3.8, 4) is 0 Å². The summed E-state index contributed by atoms with van der Waals surface area (Å²) < 4.78 is 5.14. The maximum atomic E-state index is 13.5. The molecule has 0 radical (unpaired) electrons. The molecule has 1 N–H and O–H groups in total. The van der Waals surface area contributed by atoms with Crippen LogP contribution >= 0.6 is 23.2 Å². The summed E-state index contributed by atoms with van der Waals surface area (Å²) in [4.78, 5) is 44.5. The number of nitrogens with one attached hydrogen (secondary N) is 1. The van der Waals surface area contributed by atoms with E-state index in [0.717, 1.165) is 24.2 Å². The van der Waals surface area contributed by atoms with Crippen molar-refractivity contribution in [2.45, 2.75) is 44.7 Å². The van der Waals surface area contributed by atoms with Gasteiger partial charge in [-0.05, 0) is 61.7 Å². The van der Waals surface area contributed by atoms with Gasteiger partial charge in [0.2, 0.25) is 11.8 Å². The van der Waals surface area contributed by atoms with Gasteiger partial charge < -0.3 is 19.9 Å². The monoisotopic (exact) mass is 602 g/mol. The SMILES string of the molecule is COCCN(C)Cc1ccc(C(=O)NC2CCN(C(=O)C3CCN(C(C)=O)CC3)CC2c2ccc(Cl)c(Cl)c2)cc1. The maximum absolute atomic E-state index is 13.5. The van der Waals surface area contributed by atoms with E-state index < -0.39 is 0 Å². The number of hydrogen-bond donors (Lipinski definition) is 1. The first-order valence-corrected chi connectivity index (χ1v) is 15.0. The number of carbonyl (C=O) groups is 3. The van der Waals surface area contributed by atoms with Gasteiger partial charge in [0.25, 0.3) is 5.91 Å². The zero-order valence-electron chi connectivity index (χ0n) is 24.1. The van der Waals surface area contributed by atoms with Crippen molar-refractivity contribution in [3.05, 3.63) is 69.2 Å². The van der Waals surface area contributed by atoms with E-state index in [0.29, 0.717) is 67.7 Å². The summed E-state index contributed by atoms with van der Waals surface area (Å²) in [5.74, 6) is -0.211. The first-order chi connectivity index (χ1) is 19.7. The van der Waals surface area contributed by atoms with Gasteiger partial charge in [-0.2, -0.15) is 0 Å². The van der Waals surface area contributed by atoms with Crippen LogP contribution in [0.25, 0.3) is 0 Å². The highest BCUT2D eigenvalue weighted by Gasteiger charge is 2.37. The van der Waals surface area contributed by atoms with Gasteiger partial charge in [0, 0.05) is 76.7 Å². The van der Waals surface area contributed by atoms with Gasteiger partial charge in [-0.15, -0.1) is 0 Å². The van der Waals surface area contributed by atoms with E-state index in [4.69, 9.17) is 27.9 Å². The van der Waals surface area contributed by atoms with Crippen LogP contribution in [0.15, 0.2) is 42.5 Å². The number of piperidine rings is 2. The van der Waals surface area contributed by atoms with Crippen LogP contribution in [-0.4, -0.2) is 92.0 Å². The van der Waals surface area contributed by atoms with Crippen LogP contribution in [0.3, 0.4) is 0 Å². The average Bonchev–Trinajstić information content (AvgIpc) is 2.97. The van der Waals surface area contributed by atoms with Crippen LogP contribution in [0.5, 0.6) is 0 Å². The van der Waals surface area contributed by atoms with E-state index in [1.54, 1.807) is 25.0 Å². The van der Waals surface area contributed by atoms with Gasteiger partial charge in [0.15, 0.2) is 0 Å². The molecule has 10 heteroatoms. The molecule has 2 unspecified atom stereocenters. The predicted octanol–water partition coefficient (Wildman–Crippen LogP) is 4.44. The molecule has 2 fully saturated rings. The molecule has 0 aliphatic carbocycles. The number of methoxy groups -OCH3 is 1. The van der Waals surface area contributed by atoms with Gasteiger partial charge in [0.1, 0.15) is 0 Å². The Bertz CT molecular complexity index is 1220. The molecule has 2 aliphatic rings. The molecule has 0 saturated carbocycles. The second kappa shape index (κ2) is 14.5. The minimum absolute atomic E-state index is 0.0520. The number of amides is 3. The molecule has 2 saturated heterocycles. The Kier molecular flexibility index (Phi) is 11.1. The first kappa shape index (κ1) is 31.3. The minimum atomic E-state index is -0.178. The zero-order valence-corrected chi connectivity index (χ0v) is 25.6. The van der Waals surface area contributed by atoms with Crippen molar-refractivity contribution in [1.29, 1.82) is 0 Å². The molecule has 2 aromatic carbocycles. The van der Waals surface area contributed by atoms with Crippen LogP contribution in [0.1, 0.15) is 53.6 Å².